The van der Waals surface area contributed by atoms with Gasteiger partial charge in [-0.25, -0.2) is 22.5 Å². The van der Waals surface area contributed by atoms with Crippen LogP contribution in [-0.4, -0.2) is 30.3 Å². The number of halogens is 1. The number of hydrogen-bond donors (Lipinski definition) is 2. The van der Waals surface area contributed by atoms with Crippen LogP contribution in [0.2, 0.25) is 0 Å². The van der Waals surface area contributed by atoms with Gasteiger partial charge in [0.25, 0.3) is 0 Å². The molecule has 2 N–H and O–H groups in total. The lowest BCUT2D eigenvalue weighted by Gasteiger charge is -2.29. The van der Waals surface area contributed by atoms with Crippen LogP contribution >= 0.6 is 0 Å². The smallest absolute Gasteiger partial charge is 0.240 e. The van der Waals surface area contributed by atoms with Crippen LogP contribution < -0.4 is 10.0 Å². The number of hydrogen-bond acceptors (Lipinski definition) is 5. The molecule has 1 atom stereocenters. The van der Waals surface area contributed by atoms with Crippen molar-refractivity contribution in [3.63, 3.8) is 0 Å². The van der Waals surface area contributed by atoms with Crippen LogP contribution in [0.1, 0.15) is 44.2 Å². The number of amides is 1. The number of fused-ring (bicyclic) bond motifs is 1. The fourth-order valence-electron chi connectivity index (χ4n) is 4.85. The number of benzene rings is 2. The molecular formula is C29H29FN4O3S. The van der Waals surface area contributed by atoms with Crippen LogP contribution in [-0.2, 0) is 14.8 Å². The summed E-state index contributed by atoms with van der Waals surface area (Å²) < 4.78 is 42.2. The highest BCUT2D eigenvalue weighted by Gasteiger charge is 2.30. The first-order chi connectivity index (χ1) is 18.3. The normalized spacial score (nSPS) is 18.7. The van der Waals surface area contributed by atoms with Crippen molar-refractivity contribution in [2.75, 3.05) is 0 Å². The number of rotatable bonds is 7. The quantitative estimate of drug-likeness (QED) is 0.343. The molecule has 1 saturated carbocycles. The predicted octanol–water partition coefficient (Wildman–Crippen LogP) is 5.15. The van der Waals surface area contributed by atoms with Gasteiger partial charge in [-0.05, 0) is 86.7 Å². The zero-order valence-corrected chi connectivity index (χ0v) is 21.8. The molecule has 4 aromatic rings. The summed E-state index contributed by atoms with van der Waals surface area (Å²) in [5.41, 5.74) is 3.00. The van der Waals surface area contributed by atoms with Gasteiger partial charge < -0.3 is 5.32 Å². The molecule has 1 aliphatic carbocycles. The second-order valence-corrected chi connectivity index (χ2v) is 11.4. The van der Waals surface area contributed by atoms with E-state index in [1.165, 1.54) is 12.1 Å². The topological polar surface area (TPSA) is 101 Å². The number of carbonyl (C=O) groups excluding carboxylic acids is 1. The van der Waals surface area contributed by atoms with E-state index in [1.54, 1.807) is 36.5 Å². The Labute approximate surface area is 221 Å². The third-order valence-corrected chi connectivity index (χ3v) is 8.57. The maximum atomic E-state index is 13.2. The largest absolute Gasteiger partial charge is 0.349 e. The van der Waals surface area contributed by atoms with E-state index in [4.69, 9.17) is 0 Å². The lowest BCUT2D eigenvalue weighted by molar-refractivity contribution is -0.126. The molecule has 0 unspecified atom stereocenters. The Morgan fingerprint density at radius 1 is 0.947 bits per heavy atom. The van der Waals surface area contributed by atoms with Gasteiger partial charge in [-0.3, -0.25) is 9.78 Å². The van der Waals surface area contributed by atoms with E-state index in [0.29, 0.717) is 31.2 Å². The van der Waals surface area contributed by atoms with E-state index in [2.05, 4.69) is 20.0 Å². The summed E-state index contributed by atoms with van der Waals surface area (Å²) >= 11 is 0. The average molecular weight is 533 g/mol. The second-order valence-electron chi connectivity index (χ2n) is 9.72. The van der Waals surface area contributed by atoms with Crippen LogP contribution in [0.3, 0.4) is 0 Å². The zero-order chi connectivity index (χ0) is 26.7. The van der Waals surface area contributed by atoms with Crippen LogP contribution in [0, 0.1) is 11.7 Å². The Hall–Kier alpha value is -3.69. The fourth-order valence-corrected chi connectivity index (χ4v) is 6.19. The number of sulfonamides is 1. The van der Waals surface area contributed by atoms with Gasteiger partial charge in [-0.1, -0.05) is 24.3 Å². The van der Waals surface area contributed by atoms with Crippen LogP contribution in [0.5, 0.6) is 0 Å². The van der Waals surface area contributed by atoms with Crippen LogP contribution in [0.4, 0.5) is 4.39 Å². The maximum absolute atomic E-state index is 13.2. The minimum absolute atomic E-state index is 0.0600. The summed E-state index contributed by atoms with van der Waals surface area (Å²) in [7, 11) is -3.73. The Morgan fingerprint density at radius 2 is 1.71 bits per heavy atom. The van der Waals surface area contributed by atoms with E-state index < -0.39 is 10.0 Å². The predicted molar refractivity (Wildman–Crippen MR) is 144 cm³/mol. The Balaban J connectivity index is 1.19. The van der Waals surface area contributed by atoms with Gasteiger partial charge >= 0.3 is 0 Å². The van der Waals surface area contributed by atoms with Crippen molar-refractivity contribution in [2.45, 2.75) is 49.6 Å². The molecule has 2 aromatic carbocycles. The molecule has 38 heavy (non-hydrogen) atoms. The molecular weight excluding hydrogens is 503 g/mol. The molecule has 1 fully saturated rings. The number of carbonyl (C=O) groups is 1. The summed E-state index contributed by atoms with van der Waals surface area (Å²) in [6.45, 7) is 1.86. The number of nitrogens with zero attached hydrogens (tertiary/aromatic N) is 2. The van der Waals surface area contributed by atoms with E-state index in [1.807, 2.05) is 37.3 Å². The van der Waals surface area contributed by atoms with Gasteiger partial charge in [0.1, 0.15) is 5.82 Å². The standard InChI is InChI=1S/C29H29FN4O3S/c1-19(20-5-10-23(30)11-6-20)32-29(35)21-7-12-24(13-8-21)34-38(36,37)25-14-16-26-22(18-25)9-15-28(33-26)27-4-2-3-17-31-27/h2-6,9-11,14-19,21,24,34H,7-8,12-13H2,1H3,(H,32,35)/t19-,21?,24?/m1/s1. The number of nitrogens with one attached hydrogen (secondary N) is 2. The molecule has 2 aromatic heterocycles. The van der Waals surface area contributed by atoms with Crippen molar-refractivity contribution in [2.24, 2.45) is 5.92 Å². The second kappa shape index (κ2) is 11.0. The average Bonchev–Trinajstić information content (AvgIpc) is 2.93. The van der Waals surface area contributed by atoms with E-state index in [9.17, 15) is 17.6 Å². The lowest BCUT2D eigenvalue weighted by atomic mass is 9.85. The summed E-state index contributed by atoms with van der Waals surface area (Å²) in [6.07, 6.45) is 4.03. The number of pyridine rings is 2. The third kappa shape index (κ3) is 5.89. The van der Waals surface area contributed by atoms with E-state index in [-0.39, 0.29) is 34.6 Å². The van der Waals surface area contributed by atoms with Crippen LogP contribution in [0.25, 0.3) is 22.3 Å². The van der Waals surface area contributed by atoms with Crippen molar-refractivity contribution >= 4 is 26.8 Å². The highest BCUT2D eigenvalue weighted by Crippen LogP contribution is 2.28. The minimum atomic E-state index is -3.73. The van der Waals surface area contributed by atoms with E-state index in [0.717, 1.165) is 22.3 Å². The molecule has 0 bridgehead atoms. The fraction of sp³-hybridized carbons (Fsp3) is 0.276. The molecule has 196 valence electrons. The Morgan fingerprint density at radius 3 is 2.42 bits per heavy atom. The van der Waals surface area contributed by atoms with Crippen molar-refractivity contribution in [3.05, 3.63) is 90.4 Å². The first kappa shape index (κ1) is 25.9. The summed E-state index contributed by atoms with van der Waals surface area (Å²) in [5, 5.41) is 3.72. The minimum Gasteiger partial charge on any atom is -0.349 e. The maximum Gasteiger partial charge on any atom is 0.240 e. The van der Waals surface area contributed by atoms with Gasteiger partial charge in [-0.15, -0.1) is 0 Å². The highest BCUT2D eigenvalue weighted by atomic mass is 32.2. The lowest BCUT2D eigenvalue weighted by Crippen LogP contribution is -2.41. The molecule has 0 spiro atoms. The molecule has 1 amide bonds. The Bertz CT molecular complexity index is 1540. The van der Waals surface area contributed by atoms with Crippen molar-refractivity contribution in [1.29, 1.82) is 0 Å². The first-order valence-electron chi connectivity index (χ1n) is 12.7. The zero-order valence-electron chi connectivity index (χ0n) is 21.0. The van der Waals surface area contributed by atoms with Crippen molar-refractivity contribution < 1.29 is 17.6 Å². The molecule has 7 nitrogen and oxygen atoms in total. The van der Waals surface area contributed by atoms with Crippen molar-refractivity contribution in [3.8, 4) is 11.4 Å². The third-order valence-electron chi connectivity index (χ3n) is 7.05. The SMILES string of the molecule is C[C@@H](NC(=O)C1CCC(NS(=O)(=O)c2ccc3nc(-c4ccccn4)ccc3c2)CC1)c1ccc(F)cc1. The van der Waals surface area contributed by atoms with Crippen molar-refractivity contribution in [1.82, 2.24) is 20.0 Å². The van der Waals surface area contributed by atoms with Gasteiger partial charge in [0.15, 0.2) is 0 Å². The van der Waals surface area contributed by atoms with Gasteiger partial charge in [0.05, 0.1) is 27.8 Å². The molecule has 0 saturated heterocycles. The molecule has 0 aliphatic heterocycles. The Kier molecular flexibility index (Phi) is 7.49. The molecule has 5 rings (SSSR count). The van der Waals surface area contributed by atoms with Gasteiger partial charge in [0, 0.05) is 23.5 Å². The summed E-state index contributed by atoms with van der Waals surface area (Å²) in [5.74, 6) is -0.558. The van der Waals surface area contributed by atoms with Gasteiger partial charge in [-0.2, -0.15) is 0 Å². The van der Waals surface area contributed by atoms with E-state index >= 15 is 0 Å². The molecule has 0 radical (unpaired) electrons. The molecule has 9 heteroatoms. The highest BCUT2D eigenvalue weighted by molar-refractivity contribution is 7.89. The molecule has 1 aliphatic rings. The first-order valence-corrected chi connectivity index (χ1v) is 14.2. The monoisotopic (exact) mass is 532 g/mol. The molecule has 2 heterocycles. The number of aromatic nitrogens is 2. The van der Waals surface area contributed by atoms with Gasteiger partial charge in [0.2, 0.25) is 15.9 Å². The summed E-state index contributed by atoms with van der Waals surface area (Å²) in [6, 6.07) is 19.8. The summed E-state index contributed by atoms with van der Waals surface area (Å²) in [4.78, 5) is 21.9. The van der Waals surface area contributed by atoms with Crippen LogP contribution in [0.15, 0.2) is 83.9 Å².